The van der Waals surface area contributed by atoms with Gasteiger partial charge in [0.15, 0.2) is 0 Å². The molecule has 1 heterocycles. The van der Waals surface area contributed by atoms with Crippen LogP contribution in [0.15, 0.2) is 18.2 Å². The number of hydrogen-bond acceptors (Lipinski definition) is 2. The van der Waals surface area contributed by atoms with E-state index in [9.17, 15) is 4.79 Å². The third-order valence-electron chi connectivity index (χ3n) is 4.32. The Labute approximate surface area is 110 Å². The van der Waals surface area contributed by atoms with E-state index in [1.807, 2.05) is 0 Å². The summed E-state index contributed by atoms with van der Waals surface area (Å²) in [5.41, 5.74) is 3.60. The molecule has 0 aromatic heterocycles. The Morgan fingerprint density at radius 1 is 1.22 bits per heavy atom. The summed E-state index contributed by atoms with van der Waals surface area (Å²) >= 11 is 0. The van der Waals surface area contributed by atoms with Crippen molar-refractivity contribution in [2.24, 2.45) is 5.41 Å². The highest BCUT2D eigenvalue weighted by molar-refractivity contribution is 5.86. The summed E-state index contributed by atoms with van der Waals surface area (Å²) in [5.74, 6) is 0.396. The van der Waals surface area contributed by atoms with Crippen LogP contribution in [0.2, 0.25) is 0 Å². The summed E-state index contributed by atoms with van der Waals surface area (Å²) in [7, 11) is 0. The molecular formula is C16H23NO. The fraction of sp³-hybridized carbons (Fsp3) is 0.562. The minimum atomic E-state index is -0.121. The highest BCUT2D eigenvalue weighted by Crippen LogP contribution is 2.30. The molecule has 0 aliphatic carbocycles. The summed E-state index contributed by atoms with van der Waals surface area (Å²) in [6, 6.07) is 6.35. The van der Waals surface area contributed by atoms with Crippen LogP contribution in [0.1, 0.15) is 36.5 Å². The number of hydrogen-bond donors (Lipinski definition) is 1. The van der Waals surface area contributed by atoms with Crippen molar-refractivity contribution in [1.82, 2.24) is 5.32 Å². The first kappa shape index (κ1) is 13.3. The first-order chi connectivity index (χ1) is 8.51. The molecule has 0 atom stereocenters. The van der Waals surface area contributed by atoms with Crippen LogP contribution in [0.25, 0.3) is 0 Å². The van der Waals surface area contributed by atoms with Gasteiger partial charge in [-0.2, -0.15) is 0 Å². The predicted octanol–water partition coefficient (Wildman–Crippen LogP) is 2.80. The minimum Gasteiger partial charge on any atom is -0.317 e. The molecule has 1 aliphatic rings. The summed E-state index contributed by atoms with van der Waals surface area (Å²) in [5, 5.41) is 3.32. The van der Waals surface area contributed by atoms with E-state index in [1.165, 1.54) is 11.1 Å². The van der Waals surface area contributed by atoms with Gasteiger partial charge in [-0.25, -0.2) is 0 Å². The zero-order valence-electron chi connectivity index (χ0n) is 11.7. The lowest BCUT2D eigenvalue weighted by Crippen LogP contribution is -2.40. The van der Waals surface area contributed by atoms with Gasteiger partial charge in [0.1, 0.15) is 5.78 Å². The van der Waals surface area contributed by atoms with Crippen molar-refractivity contribution in [3.8, 4) is 0 Å². The van der Waals surface area contributed by atoms with E-state index < -0.39 is 0 Å². The molecule has 0 radical (unpaired) electrons. The van der Waals surface area contributed by atoms with Crippen molar-refractivity contribution in [2.75, 3.05) is 13.1 Å². The van der Waals surface area contributed by atoms with Crippen LogP contribution in [0.5, 0.6) is 0 Å². The van der Waals surface area contributed by atoms with Gasteiger partial charge in [0.05, 0.1) is 0 Å². The first-order valence-electron chi connectivity index (χ1n) is 6.81. The van der Waals surface area contributed by atoms with Crippen molar-refractivity contribution >= 4 is 5.78 Å². The summed E-state index contributed by atoms with van der Waals surface area (Å²) in [4.78, 5) is 12.5. The van der Waals surface area contributed by atoms with E-state index in [1.54, 1.807) is 0 Å². The number of nitrogens with one attached hydrogen (secondary N) is 1. The summed E-state index contributed by atoms with van der Waals surface area (Å²) in [6.45, 7) is 8.27. The van der Waals surface area contributed by atoms with Crippen molar-refractivity contribution in [1.29, 1.82) is 0 Å². The maximum absolute atomic E-state index is 12.5. The molecule has 1 saturated heterocycles. The lowest BCUT2D eigenvalue weighted by Gasteiger charge is -2.32. The molecule has 0 amide bonds. The van der Waals surface area contributed by atoms with E-state index in [-0.39, 0.29) is 5.41 Å². The van der Waals surface area contributed by atoms with Gasteiger partial charge >= 0.3 is 0 Å². The van der Waals surface area contributed by atoms with E-state index in [0.29, 0.717) is 12.2 Å². The number of rotatable bonds is 3. The third kappa shape index (κ3) is 2.81. The Kier molecular flexibility index (Phi) is 3.86. The van der Waals surface area contributed by atoms with Crippen LogP contribution < -0.4 is 5.32 Å². The largest absolute Gasteiger partial charge is 0.317 e. The zero-order chi connectivity index (χ0) is 13.2. The van der Waals surface area contributed by atoms with Gasteiger partial charge in [-0.05, 0) is 56.5 Å². The fourth-order valence-electron chi connectivity index (χ4n) is 2.57. The average Bonchev–Trinajstić information content (AvgIpc) is 2.35. The molecule has 0 spiro atoms. The van der Waals surface area contributed by atoms with Crippen LogP contribution in [-0.2, 0) is 11.2 Å². The molecule has 0 saturated carbocycles. The second kappa shape index (κ2) is 5.23. The van der Waals surface area contributed by atoms with Crippen LogP contribution in [0.3, 0.4) is 0 Å². The van der Waals surface area contributed by atoms with E-state index in [2.05, 4.69) is 44.3 Å². The number of Topliss-reactive ketones (excluding diaryl/α,β-unsaturated/α-hetero) is 1. The molecule has 0 unspecified atom stereocenters. The standard InChI is InChI=1S/C16H23NO/c1-12-4-5-14(10-13(12)2)11-15(18)16(3)6-8-17-9-7-16/h4-5,10,17H,6-9,11H2,1-3H3. The quantitative estimate of drug-likeness (QED) is 0.887. The van der Waals surface area contributed by atoms with E-state index >= 15 is 0 Å². The van der Waals surface area contributed by atoms with Gasteiger partial charge in [-0.15, -0.1) is 0 Å². The van der Waals surface area contributed by atoms with Gasteiger partial charge < -0.3 is 5.32 Å². The van der Waals surface area contributed by atoms with Crippen molar-refractivity contribution in [2.45, 2.75) is 40.0 Å². The Bertz CT molecular complexity index is 444. The Hall–Kier alpha value is -1.15. The molecule has 98 valence electrons. The Morgan fingerprint density at radius 3 is 2.50 bits per heavy atom. The van der Waals surface area contributed by atoms with Crippen LogP contribution in [0, 0.1) is 19.3 Å². The predicted molar refractivity (Wildman–Crippen MR) is 74.8 cm³/mol. The number of benzene rings is 1. The molecule has 2 nitrogen and oxygen atoms in total. The number of aryl methyl sites for hydroxylation is 2. The topological polar surface area (TPSA) is 29.1 Å². The molecule has 1 fully saturated rings. The Morgan fingerprint density at radius 2 is 1.89 bits per heavy atom. The first-order valence-corrected chi connectivity index (χ1v) is 6.81. The second-order valence-corrected chi connectivity index (χ2v) is 5.83. The van der Waals surface area contributed by atoms with E-state index in [4.69, 9.17) is 0 Å². The molecule has 2 heteroatoms. The minimum absolute atomic E-state index is 0.121. The Balaban J connectivity index is 2.08. The summed E-state index contributed by atoms with van der Waals surface area (Å²) < 4.78 is 0. The average molecular weight is 245 g/mol. The van der Waals surface area contributed by atoms with Crippen LogP contribution >= 0.6 is 0 Å². The van der Waals surface area contributed by atoms with Gasteiger partial charge in [0, 0.05) is 11.8 Å². The van der Waals surface area contributed by atoms with Crippen LogP contribution in [0.4, 0.5) is 0 Å². The third-order valence-corrected chi connectivity index (χ3v) is 4.32. The highest BCUT2D eigenvalue weighted by atomic mass is 16.1. The SMILES string of the molecule is Cc1ccc(CC(=O)C2(C)CCNCC2)cc1C. The molecule has 18 heavy (non-hydrogen) atoms. The molecule has 0 bridgehead atoms. The monoisotopic (exact) mass is 245 g/mol. The maximum Gasteiger partial charge on any atom is 0.143 e. The zero-order valence-corrected chi connectivity index (χ0v) is 11.7. The highest BCUT2D eigenvalue weighted by Gasteiger charge is 2.33. The lowest BCUT2D eigenvalue weighted by atomic mass is 9.75. The molecule has 2 rings (SSSR count). The van der Waals surface area contributed by atoms with Crippen LogP contribution in [-0.4, -0.2) is 18.9 Å². The smallest absolute Gasteiger partial charge is 0.143 e. The number of carbonyl (C=O) groups is 1. The number of ketones is 1. The lowest BCUT2D eigenvalue weighted by molar-refractivity contribution is -0.128. The second-order valence-electron chi connectivity index (χ2n) is 5.83. The molecule has 1 N–H and O–H groups in total. The molecule has 1 aliphatic heterocycles. The fourth-order valence-corrected chi connectivity index (χ4v) is 2.57. The normalized spacial score (nSPS) is 18.6. The maximum atomic E-state index is 12.5. The summed E-state index contributed by atoms with van der Waals surface area (Å²) in [6.07, 6.45) is 2.52. The number of carbonyl (C=O) groups excluding carboxylic acids is 1. The van der Waals surface area contributed by atoms with Gasteiger partial charge in [-0.1, -0.05) is 25.1 Å². The van der Waals surface area contributed by atoms with Crippen molar-refractivity contribution in [3.63, 3.8) is 0 Å². The molecule has 1 aromatic carbocycles. The van der Waals surface area contributed by atoms with Crippen molar-refractivity contribution in [3.05, 3.63) is 34.9 Å². The van der Waals surface area contributed by atoms with Gasteiger partial charge in [-0.3, -0.25) is 4.79 Å². The molecule has 1 aromatic rings. The molecular weight excluding hydrogens is 222 g/mol. The van der Waals surface area contributed by atoms with Gasteiger partial charge in [0.2, 0.25) is 0 Å². The van der Waals surface area contributed by atoms with Crippen molar-refractivity contribution < 1.29 is 4.79 Å². The van der Waals surface area contributed by atoms with E-state index in [0.717, 1.165) is 31.5 Å². The number of piperidine rings is 1. The van der Waals surface area contributed by atoms with Gasteiger partial charge in [0.25, 0.3) is 0 Å².